The summed E-state index contributed by atoms with van der Waals surface area (Å²) in [6.07, 6.45) is 4.84. The highest BCUT2D eigenvalue weighted by molar-refractivity contribution is 6.30. The summed E-state index contributed by atoms with van der Waals surface area (Å²) >= 11 is 6.05. The van der Waals surface area contributed by atoms with E-state index in [1.165, 1.54) is 0 Å². The highest BCUT2D eigenvalue weighted by Gasteiger charge is 2.36. The number of fused-ring (bicyclic) bond motifs is 1. The minimum Gasteiger partial charge on any atom is -0.372 e. The van der Waals surface area contributed by atoms with E-state index in [0.29, 0.717) is 11.4 Å². The van der Waals surface area contributed by atoms with Gasteiger partial charge in [-0.3, -0.25) is 9.78 Å². The maximum atomic E-state index is 13.4. The third-order valence-corrected chi connectivity index (χ3v) is 5.92. The van der Waals surface area contributed by atoms with Crippen LogP contribution in [0.3, 0.4) is 0 Å². The molecule has 1 aromatic heterocycles. The van der Waals surface area contributed by atoms with Crippen LogP contribution in [0.15, 0.2) is 84.3 Å². The molecule has 0 amide bonds. The second-order valence-electron chi connectivity index (χ2n) is 7.51. The van der Waals surface area contributed by atoms with Gasteiger partial charge in [-0.15, -0.1) is 0 Å². The first-order chi connectivity index (χ1) is 14.2. The highest BCUT2D eigenvalue weighted by Crippen LogP contribution is 2.44. The lowest BCUT2D eigenvalue weighted by Crippen LogP contribution is -2.26. The van der Waals surface area contributed by atoms with Crippen LogP contribution in [-0.4, -0.2) is 10.8 Å². The van der Waals surface area contributed by atoms with Gasteiger partial charge in [0.2, 0.25) is 0 Å². The Morgan fingerprint density at radius 1 is 0.897 bits per heavy atom. The zero-order valence-electron chi connectivity index (χ0n) is 15.7. The Hall–Kier alpha value is -3.11. The molecule has 0 bridgehead atoms. The van der Waals surface area contributed by atoms with E-state index in [1.54, 1.807) is 6.20 Å². The van der Waals surface area contributed by atoms with Gasteiger partial charge >= 0.3 is 0 Å². The molecule has 4 nitrogen and oxygen atoms in total. The molecular weight excluding hydrogens is 382 g/mol. The molecule has 2 atom stereocenters. The first kappa shape index (κ1) is 18.0. The van der Waals surface area contributed by atoms with Gasteiger partial charge in [-0.05, 0) is 53.8 Å². The number of halogens is 1. The molecule has 5 heteroatoms. The summed E-state index contributed by atoms with van der Waals surface area (Å²) in [6.45, 7) is 0. The van der Waals surface area contributed by atoms with Crippen LogP contribution in [0.25, 0.3) is 0 Å². The molecule has 3 aromatic rings. The first-order valence-corrected chi connectivity index (χ1v) is 10.1. The predicted octanol–water partition coefficient (Wildman–Crippen LogP) is 5.71. The molecule has 1 aliphatic carbocycles. The minimum absolute atomic E-state index is 0.130. The van der Waals surface area contributed by atoms with Crippen molar-refractivity contribution in [3.05, 3.63) is 100 Å². The molecule has 2 aromatic carbocycles. The Morgan fingerprint density at radius 2 is 1.69 bits per heavy atom. The number of para-hydroxylation sites is 2. The Bertz CT molecular complexity index is 1090. The smallest absolute Gasteiger partial charge is 0.163 e. The van der Waals surface area contributed by atoms with Crippen molar-refractivity contribution < 1.29 is 4.79 Å². The van der Waals surface area contributed by atoms with Gasteiger partial charge in [0.15, 0.2) is 5.78 Å². The quantitative estimate of drug-likeness (QED) is 0.577. The van der Waals surface area contributed by atoms with Crippen molar-refractivity contribution in [2.24, 2.45) is 0 Å². The first-order valence-electron chi connectivity index (χ1n) is 9.73. The second-order valence-corrected chi connectivity index (χ2v) is 7.94. The summed E-state index contributed by atoms with van der Waals surface area (Å²) < 4.78 is 0. The zero-order valence-corrected chi connectivity index (χ0v) is 16.5. The molecule has 0 radical (unpaired) electrons. The van der Waals surface area contributed by atoms with E-state index >= 15 is 0 Å². The SMILES string of the molecule is O=C1C[C@H](c2ccc(Cl)cc2)CC2=C1[C@H](c1cccnc1)Nc1ccccc1N2. The van der Waals surface area contributed by atoms with E-state index in [1.807, 2.05) is 66.9 Å². The number of ketones is 1. The van der Waals surface area contributed by atoms with E-state index in [2.05, 4.69) is 15.6 Å². The fraction of sp³-hybridized carbons (Fsp3) is 0.167. The third-order valence-electron chi connectivity index (χ3n) is 5.67. The number of Topliss-reactive ketones (excluding diaryl/α,β-unsaturated/α-hetero) is 1. The maximum absolute atomic E-state index is 13.4. The number of hydrogen-bond acceptors (Lipinski definition) is 4. The summed E-state index contributed by atoms with van der Waals surface area (Å²) in [6, 6.07) is 19.6. The van der Waals surface area contributed by atoms with Gasteiger partial charge in [-0.2, -0.15) is 0 Å². The van der Waals surface area contributed by atoms with Crippen LogP contribution in [0.1, 0.15) is 35.9 Å². The topological polar surface area (TPSA) is 54.0 Å². The van der Waals surface area contributed by atoms with Crippen molar-refractivity contribution in [1.29, 1.82) is 0 Å². The van der Waals surface area contributed by atoms with Crippen molar-refractivity contribution in [1.82, 2.24) is 4.98 Å². The minimum atomic E-state index is -0.228. The molecule has 0 saturated carbocycles. The molecule has 1 aliphatic heterocycles. The van der Waals surface area contributed by atoms with E-state index < -0.39 is 0 Å². The Balaban J connectivity index is 1.60. The normalized spacial score (nSPS) is 20.8. The lowest BCUT2D eigenvalue weighted by atomic mass is 9.79. The van der Waals surface area contributed by atoms with Crippen molar-refractivity contribution >= 4 is 28.8 Å². The van der Waals surface area contributed by atoms with Gasteiger partial charge in [0.25, 0.3) is 0 Å². The Labute approximate surface area is 174 Å². The number of rotatable bonds is 2. The number of aromatic nitrogens is 1. The van der Waals surface area contributed by atoms with E-state index in [4.69, 9.17) is 11.6 Å². The zero-order chi connectivity index (χ0) is 19.8. The summed E-state index contributed by atoms with van der Waals surface area (Å²) in [4.78, 5) is 17.7. The van der Waals surface area contributed by atoms with Crippen LogP contribution in [0, 0.1) is 0 Å². The molecule has 0 saturated heterocycles. The predicted molar refractivity (Wildman–Crippen MR) is 116 cm³/mol. The number of nitrogens with one attached hydrogen (secondary N) is 2. The highest BCUT2D eigenvalue weighted by atomic mass is 35.5. The number of carbonyl (C=O) groups excluding carboxylic acids is 1. The van der Waals surface area contributed by atoms with Crippen molar-refractivity contribution in [2.75, 3.05) is 10.6 Å². The number of anilines is 2. The number of allylic oxidation sites excluding steroid dienone is 1. The molecule has 2 heterocycles. The summed E-state index contributed by atoms with van der Waals surface area (Å²) in [5.74, 6) is 0.290. The van der Waals surface area contributed by atoms with E-state index in [9.17, 15) is 4.79 Å². The Kier molecular flexibility index (Phi) is 4.57. The largest absolute Gasteiger partial charge is 0.372 e. The lowest BCUT2D eigenvalue weighted by Gasteiger charge is -2.29. The average Bonchev–Trinajstić information content (AvgIpc) is 2.92. The van der Waals surface area contributed by atoms with E-state index in [-0.39, 0.29) is 17.7 Å². The summed E-state index contributed by atoms with van der Waals surface area (Å²) in [7, 11) is 0. The lowest BCUT2D eigenvalue weighted by molar-refractivity contribution is -0.116. The fourth-order valence-electron chi connectivity index (χ4n) is 4.26. The van der Waals surface area contributed by atoms with Crippen molar-refractivity contribution in [3.8, 4) is 0 Å². The number of benzene rings is 2. The third kappa shape index (κ3) is 3.40. The Morgan fingerprint density at radius 3 is 2.45 bits per heavy atom. The summed E-state index contributed by atoms with van der Waals surface area (Å²) in [5, 5.41) is 7.83. The molecule has 2 aliphatic rings. The number of nitrogens with zero attached hydrogens (tertiary/aromatic N) is 1. The maximum Gasteiger partial charge on any atom is 0.163 e. The number of hydrogen-bond donors (Lipinski definition) is 2. The fourth-order valence-corrected chi connectivity index (χ4v) is 4.39. The average molecular weight is 402 g/mol. The molecule has 0 unspecified atom stereocenters. The van der Waals surface area contributed by atoms with Gasteiger partial charge in [0.1, 0.15) is 0 Å². The van der Waals surface area contributed by atoms with Gasteiger partial charge in [-0.25, -0.2) is 0 Å². The molecule has 5 rings (SSSR count). The molecule has 0 fully saturated rings. The summed E-state index contributed by atoms with van der Waals surface area (Å²) in [5.41, 5.74) is 5.87. The number of carbonyl (C=O) groups is 1. The number of pyridine rings is 1. The standard InChI is InChI=1S/C24H20ClN3O/c25-18-9-7-15(8-10-18)17-12-21-23(22(29)13-17)24(16-4-3-11-26-14-16)28-20-6-2-1-5-19(20)27-21/h1-11,14,17,24,27-28H,12-13H2/t17-,24+/m1/s1. The van der Waals surface area contributed by atoms with Crippen LogP contribution >= 0.6 is 11.6 Å². The molecular formula is C24H20ClN3O. The van der Waals surface area contributed by atoms with Gasteiger partial charge in [-0.1, -0.05) is 41.9 Å². The van der Waals surface area contributed by atoms with Crippen LogP contribution in [0.5, 0.6) is 0 Å². The van der Waals surface area contributed by atoms with Crippen molar-refractivity contribution in [3.63, 3.8) is 0 Å². The van der Waals surface area contributed by atoms with Crippen LogP contribution in [0.2, 0.25) is 5.02 Å². The monoisotopic (exact) mass is 401 g/mol. The molecule has 0 spiro atoms. The second kappa shape index (κ2) is 7.37. The van der Waals surface area contributed by atoms with Crippen LogP contribution < -0.4 is 10.6 Å². The molecule has 2 N–H and O–H groups in total. The van der Waals surface area contributed by atoms with Gasteiger partial charge in [0, 0.05) is 35.1 Å². The molecule has 29 heavy (non-hydrogen) atoms. The molecule has 144 valence electrons. The van der Waals surface area contributed by atoms with Crippen molar-refractivity contribution in [2.45, 2.75) is 24.8 Å². The van der Waals surface area contributed by atoms with Gasteiger partial charge < -0.3 is 10.6 Å². The van der Waals surface area contributed by atoms with Crippen LogP contribution in [0.4, 0.5) is 11.4 Å². The van der Waals surface area contributed by atoms with Crippen LogP contribution in [-0.2, 0) is 4.79 Å². The van der Waals surface area contributed by atoms with Gasteiger partial charge in [0.05, 0.1) is 17.4 Å². The van der Waals surface area contributed by atoms with E-state index in [0.717, 1.165) is 40.2 Å².